The van der Waals surface area contributed by atoms with Crippen LogP contribution in [0.4, 0.5) is 5.69 Å². The molecule has 28 heavy (non-hydrogen) atoms. The molecule has 1 amide bonds. The quantitative estimate of drug-likeness (QED) is 0.762. The van der Waals surface area contributed by atoms with E-state index in [4.69, 9.17) is 23.7 Å². The molecule has 2 aromatic rings. The van der Waals surface area contributed by atoms with Crippen LogP contribution in [-0.2, 0) is 9.53 Å². The fourth-order valence-corrected chi connectivity index (χ4v) is 2.59. The van der Waals surface area contributed by atoms with Gasteiger partial charge in [-0.3, -0.25) is 4.79 Å². The molecule has 1 aliphatic heterocycles. The van der Waals surface area contributed by atoms with Crippen LogP contribution in [0.5, 0.6) is 23.0 Å². The number of nitrogens with one attached hydrogen (secondary N) is 1. The van der Waals surface area contributed by atoms with Crippen LogP contribution in [0, 0.1) is 0 Å². The van der Waals surface area contributed by atoms with Gasteiger partial charge < -0.3 is 29.0 Å². The predicted molar refractivity (Wildman–Crippen MR) is 100 cm³/mol. The molecule has 0 bridgehead atoms. The van der Waals surface area contributed by atoms with Crippen LogP contribution in [-0.4, -0.2) is 45.4 Å². The molecule has 0 radical (unpaired) electrons. The third-order valence-corrected chi connectivity index (χ3v) is 4.07. The van der Waals surface area contributed by atoms with Crippen LogP contribution in [0.1, 0.15) is 17.3 Å². The molecule has 8 nitrogen and oxygen atoms in total. The lowest BCUT2D eigenvalue weighted by Crippen LogP contribution is -2.30. The van der Waals surface area contributed by atoms with E-state index in [2.05, 4.69) is 5.32 Å². The first kappa shape index (κ1) is 19.3. The summed E-state index contributed by atoms with van der Waals surface area (Å²) in [4.78, 5) is 24.8. The Hall–Kier alpha value is -3.42. The summed E-state index contributed by atoms with van der Waals surface area (Å²) in [6, 6.07) is 9.81. The van der Waals surface area contributed by atoms with Gasteiger partial charge in [0.15, 0.2) is 17.6 Å². The Labute approximate surface area is 162 Å². The molecule has 2 aromatic carbocycles. The topological polar surface area (TPSA) is 92.3 Å². The van der Waals surface area contributed by atoms with Crippen molar-refractivity contribution in [1.82, 2.24) is 0 Å². The van der Waals surface area contributed by atoms with Gasteiger partial charge in [0.1, 0.15) is 19.0 Å². The molecule has 148 valence electrons. The lowest BCUT2D eigenvalue weighted by Gasteiger charge is -2.21. The molecule has 0 aromatic heterocycles. The van der Waals surface area contributed by atoms with Gasteiger partial charge >= 0.3 is 5.97 Å². The van der Waals surface area contributed by atoms with Crippen LogP contribution >= 0.6 is 0 Å². The summed E-state index contributed by atoms with van der Waals surface area (Å²) in [6.45, 7) is 2.26. The second-order valence-electron chi connectivity index (χ2n) is 5.97. The van der Waals surface area contributed by atoms with Crippen LogP contribution in [0.15, 0.2) is 36.4 Å². The summed E-state index contributed by atoms with van der Waals surface area (Å²) in [6.07, 6.45) is -1.01. The zero-order valence-electron chi connectivity index (χ0n) is 15.8. The summed E-state index contributed by atoms with van der Waals surface area (Å²) >= 11 is 0. The maximum absolute atomic E-state index is 12.5. The average molecular weight is 387 g/mol. The molecule has 1 N–H and O–H groups in total. The number of hydrogen-bond donors (Lipinski definition) is 1. The number of carbonyl (C=O) groups excluding carboxylic acids is 2. The first-order valence-corrected chi connectivity index (χ1v) is 8.65. The van der Waals surface area contributed by atoms with Crippen molar-refractivity contribution in [2.24, 2.45) is 0 Å². The molecule has 0 fully saturated rings. The monoisotopic (exact) mass is 387 g/mol. The Morgan fingerprint density at radius 2 is 1.75 bits per heavy atom. The van der Waals surface area contributed by atoms with Crippen molar-refractivity contribution in [3.63, 3.8) is 0 Å². The van der Waals surface area contributed by atoms with E-state index < -0.39 is 18.0 Å². The van der Waals surface area contributed by atoms with Crippen molar-refractivity contribution >= 4 is 17.6 Å². The van der Waals surface area contributed by atoms with E-state index in [9.17, 15) is 9.59 Å². The van der Waals surface area contributed by atoms with Gasteiger partial charge in [-0.2, -0.15) is 0 Å². The lowest BCUT2D eigenvalue weighted by atomic mass is 10.1. The SMILES string of the molecule is COc1ccc(NC(=O)[C@@H](C)OC(=O)c2cc(OC)c3c(c2)OCCO3)cc1. The maximum atomic E-state index is 12.5. The number of hydrogen-bond acceptors (Lipinski definition) is 7. The number of carbonyl (C=O) groups is 2. The van der Waals surface area contributed by atoms with Crippen LogP contribution in [0.25, 0.3) is 0 Å². The molecular weight excluding hydrogens is 366 g/mol. The number of amides is 1. The highest BCUT2D eigenvalue weighted by Gasteiger charge is 2.24. The number of rotatable bonds is 6. The summed E-state index contributed by atoms with van der Waals surface area (Å²) in [7, 11) is 3.02. The van der Waals surface area contributed by atoms with E-state index in [0.29, 0.717) is 41.9 Å². The fourth-order valence-electron chi connectivity index (χ4n) is 2.59. The molecule has 0 saturated carbocycles. The van der Waals surface area contributed by atoms with Gasteiger partial charge in [0.25, 0.3) is 5.91 Å². The van der Waals surface area contributed by atoms with E-state index in [1.807, 2.05) is 0 Å². The van der Waals surface area contributed by atoms with Gasteiger partial charge in [-0.1, -0.05) is 0 Å². The van der Waals surface area contributed by atoms with Gasteiger partial charge in [-0.25, -0.2) is 4.79 Å². The molecular formula is C20H21NO7. The van der Waals surface area contributed by atoms with E-state index in [1.165, 1.54) is 26.2 Å². The van der Waals surface area contributed by atoms with E-state index in [-0.39, 0.29) is 5.56 Å². The zero-order valence-corrected chi connectivity index (χ0v) is 15.8. The third kappa shape index (κ3) is 4.28. The fraction of sp³-hybridized carbons (Fsp3) is 0.300. The molecule has 0 unspecified atom stereocenters. The first-order valence-electron chi connectivity index (χ1n) is 8.65. The van der Waals surface area contributed by atoms with E-state index in [1.54, 1.807) is 31.4 Å². The molecule has 0 spiro atoms. The van der Waals surface area contributed by atoms with Gasteiger partial charge in [0.2, 0.25) is 5.75 Å². The number of fused-ring (bicyclic) bond motifs is 1. The first-order chi connectivity index (χ1) is 13.5. The highest BCUT2D eigenvalue weighted by atomic mass is 16.6. The van der Waals surface area contributed by atoms with Crippen LogP contribution < -0.4 is 24.3 Å². The number of benzene rings is 2. The average Bonchev–Trinajstić information content (AvgIpc) is 2.73. The normalized spacial score (nSPS) is 13.2. The minimum Gasteiger partial charge on any atom is -0.497 e. The lowest BCUT2D eigenvalue weighted by molar-refractivity contribution is -0.123. The third-order valence-electron chi connectivity index (χ3n) is 4.07. The summed E-state index contributed by atoms with van der Waals surface area (Å²) in [5.41, 5.74) is 0.764. The van der Waals surface area contributed by atoms with Gasteiger partial charge in [-0.15, -0.1) is 0 Å². The minimum atomic E-state index is -1.01. The largest absolute Gasteiger partial charge is 0.497 e. The molecule has 1 atom stereocenters. The van der Waals surface area contributed by atoms with Gasteiger partial charge in [0, 0.05) is 5.69 Å². The van der Waals surface area contributed by atoms with Crippen molar-refractivity contribution in [3.8, 4) is 23.0 Å². The molecule has 1 aliphatic rings. The Bertz CT molecular complexity index is 846. The van der Waals surface area contributed by atoms with Crippen molar-refractivity contribution in [2.75, 3.05) is 32.8 Å². The predicted octanol–water partition coefficient (Wildman–Crippen LogP) is 2.66. The molecule has 0 aliphatic carbocycles. The number of anilines is 1. The number of ether oxygens (including phenoxy) is 5. The summed E-state index contributed by atoms with van der Waals surface area (Å²) in [5.74, 6) is 0.740. The Morgan fingerprint density at radius 1 is 1.04 bits per heavy atom. The number of esters is 1. The maximum Gasteiger partial charge on any atom is 0.339 e. The zero-order chi connectivity index (χ0) is 20.1. The van der Waals surface area contributed by atoms with Gasteiger partial charge in [-0.05, 0) is 43.3 Å². The van der Waals surface area contributed by atoms with Crippen LogP contribution in [0.2, 0.25) is 0 Å². The van der Waals surface area contributed by atoms with Crippen molar-refractivity contribution in [1.29, 1.82) is 0 Å². The van der Waals surface area contributed by atoms with E-state index >= 15 is 0 Å². The second kappa shape index (κ2) is 8.51. The van der Waals surface area contributed by atoms with Crippen LogP contribution in [0.3, 0.4) is 0 Å². The highest BCUT2D eigenvalue weighted by molar-refractivity contribution is 5.97. The number of methoxy groups -OCH3 is 2. The summed E-state index contributed by atoms with van der Waals surface area (Å²) in [5, 5.41) is 2.68. The van der Waals surface area contributed by atoms with Crippen molar-refractivity contribution in [2.45, 2.75) is 13.0 Å². The van der Waals surface area contributed by atoms with Crippen molar-refractivity contribution in [3.05, 3.63) is 42.0 Å². The Balaban J connectivity index is 1.67. The van der Waals surface area contributed by atoms with Gasteiger partial charge in [0.05, 0.1) is 19.8 Å². The Kier molecular flexibility index (Phi) is 5.88. The molecule has 0 saturated heterocycles. The summed E-state index contributed by atoms with van der Waals surface area (Å²) < 4.78 is 26.6. The van der Waals surface area contributed by atoms with Crippen molar-refractivity contribution < 1.29 is 33.3 Å². The Morgan fingerprint density at radius 3 is 2.43 bits per heavy atom. The minimum absolute atomic E-state index is 0.199. The molecule has 3 rings (SSSR count). The highest BCUT2D eigenvalue weighted by Crippen LogP contribution is 2.40. The molecule has 1 heterocycles. The smallest absolute Gasteiger partial charge is 0.339 e. The van der Waals surface area contributed by atoms with E-state index in [0.717, 1.165) is 0 Å². The second-order valence-corrected chi connectivity index (χ2v) is 5.97. The standard InChI is InChI=1S/C20H21NO7/c1-12(19(22)21-14-4-6-15(24-2)7-5-14)28-20(23)13-10-16(25-3)18-17(11-13)26-8-9-27-18/h4-7,10-12H,8-9H2,1-3H3,(H,21,22)/t12-/m1/s1. The molecule has 8 heteroatoms.